The van der Waals surface area contributed by atoms with Crippen molar-refractivity contribution in [1.82, 2.24) is 10.2 Å². The molecule has 0 saturated carbocycles. The van der Waals surface area contributed by atoms with Crippen LogP contribution in [0.2, 0.25) is 0 Å². The summed E-state index contributed by atoms with van der Waals surface area (Å²) in [6.45, 7) is 1.59. The molecule has 12 heteroatoms. The molecule has 150 valence electrons. The van der Waals surface area contributed by atoms with Gasteiger partial charge in [-0.25, -0.2) is 4.79 Å². The third-order valence-electron chi connectivity index (χ3n) is 3.78. The van der Waals surface area contributed by atoms with Crippen LogP contribution in [-0.4, -0.2) is 53.7 Å². The van der Waals surface area contributed by atoms with E-state index in [1.54, 1.807) is 0 Å². The average molecular weight is 399 g/mol. The normalized spacial score (nSPS) is 18.6. The minimum absolute atomic E-state index is 0.108. The number of hydrogen-bond acceptors (Lipinski definition) is 7. The largest absolute Gasteiger partial charge is 0.586 e. The maximum atomic E-state index is 13.0. The van der Waals surface area contributed by atoms with E-state index in [0.29, 0.717) is 4.90 Å². The molecule has 0 bridgehead atoms. The van der Waals surface area contributed by atoms with Crippen LogP contribution in [0.15, 0.2) is 18.2 Å². The van der Waals surface area contributed by atoms with Gasteiger partial charge in [0, 0.05) is 11.8 Å². The molecule has 0 radical (unpaired) electrons. The summed E-state index contributed by atoms with van der Waals surface area (Å²) >= 11 is 0. The van der Waals surface area contributed by atoms with Gasteiger partial charge < -0.3 is 24.8 Å². The highest BCUT2D eigenvalue weighted by molar-refractivity contribution is 6.08. The monoisotopic (exact) mass is 399 g/mol. The molecule has 28 heavy (non-hydrogen) atoms. The Labute approximate surface area is 156 Å². The predicted molar refractivity (Wildman–Crippen MR) is 86.6 cm³/mol. The van der Waals surface area contributed by atoms with Crippen LogP contribution in [0.4, 0.5) is 19.3 Å². The number of amides is 4. The molecule has 0 unspecified atom stereocenters. The van der Waals surface area contributed by atoms with Gasteiger partial charge in [0.1, 0.15) is 12.1 Å². The second kappa shape index (κ2) is 6.62. The molecule has 0 atom stereocenters. The fourth-order valence-corrected chi connectivity index (χ4v) is 2.51. The average Bonchev–Trinajstić information content (AvgIpc) is 2.98. The summed E-state index contributed by atoms with van der Waals surface area (Å²) in [6.07, 6.45) is -3.78. The molecule has 4 amide bonds. The quantitative estimate of drug-likeness (QED) is 0.555. The smallest absolute Gasteiger partial charge is 0.454 e. The van der Waals surface area contributed by atoms with Gasteiger partial charge in [-0.3, -0.25) is 19.3 Å². The van der Waals surface area contributed by atoms with Crippen LogP contribution < -0.4 is 20.1 Å². The standard InChI is InChI=1S/C16H15F2N3O7/c1-15(2)13(24)21(14(25)20-15)6-12(23)26-7-11(22)19-8-3-4-9-10(5-8)28-16(17,18)27-9/h3-5H,6-7H2,1-2H3,(H,19,22)(H,20,25). The number of anilines is 1. The van der Waals surface area contributed by atoms with Crippen molar-refractivity contribution in [3.8, 4) is 11.5 Å². The van der Waals surface area contributed by atoms with Gasteiger partial charge in [-0.15, -0.1) is 8.78 Å². The number of ether oxygens (including phenoxy) is 3. The number of benzene rings is 1. The van der Waals surface area contributed by atoms with Crippen LogP contribution >= 0.6 is 0 Å². The summed E-state index contributed by atoms with van der Waals surface area (Å²) in [4.78, 5) is 48.0. The van der Waals surface area contributed by atoms with E-state index in [1.165, 1.54) is 26.0 Å². The van der Waals surface area contributed by atoms with E-state index < -0.39 is 48.8 Å². The number of imide groups is 1. The van der Waals surface area contributed by atoms with Crippen LogP contribution in [0.25, 0.3) is 0 Å². The number of fused-ring (bicyclic) bond motifs is 1. The molecule has 2 heterocycles. The second-order valence-electron chi connectivity index (χ2n) is 6.48. The van der Waals surface area contributed by atoms with Crippen LogP contribution in [0, 0.1) is 0 Å². The van der Waals surface area contributed by atoms with E-state index in [-0.39, 0.29) is 17.2 Å². The summed E-state index contributed by atoms with van der Waals surface area (Å²) in [5, 5.41) is 4.72. The highest BCUT2D eigenvalue weighted by Crippen LogP contribution is 2.42. The van der Waals surface area contributed by atoms with Gasteiger partial charge in [-0.2, -0.15) is 0 Å². The molecule has 0 aromatic heterocycles. The zero-order valence-corrected chi connectivity index (χ0v) is 14.7. The van der Waals surface area contributed by atoms with E-state index in [1.807, 2.05) is 0 Å². The van der Waals surface area contributed by atoms with Gasteiger partial charge in [-0.05, 0) is 26.0 Å². The molecule has 1 aromatic carbocycles. The highest BCUT2D eigenvalue weighted by atomic mass is 19.3. The zero-order valence-electron chi connectivity index (χ0n) is 14.7. The number of nitrogens with one attached hydrogen (secondary N) is 2. The Hall–Kier alpha value is -3.44. The fraction of sp³-hybridized carbons (Fsp3) is 0.375. The Kier molecular flexibility index (Phi) is 4.57. The molecular weight excluding hydrogens is 384 g/mol. The third kappa shape index (κ3) is 3.94. The number of rotatable bonds is 5. The first-order chi connectivity index (χ1) is 13.0. The number of carbonyl (C=O) groups excluding carboxylic acids is 4. The van der Waals surface area contributed by atoms with Crippen molar-refractivity contribution >= 4 is 29.5 Å². The third-order valence-corrected chi connectivity index (χ3v) is 3.78. The van der Waals surface area contributed by atoms with E-state index in [9.17, 15) is 28.0 Å². The van der Waals surface area contributed by atoms with Crippen LogP contribution in [0.1, 0.15) is 13.8 Å². The molecule has 0 aliphatic carbocycles. The minimum atomic E-state index is -3.78. The van der Waals surface area contributed by atoms with Gasteiger partial charge in [0.2, 0.25) is 0 Å². The van der Waals surface area contributed by atoms with Crippen LogP contribution in [-0.2, 0) is 19.1 Å². The molecule has 3 rings (SSSR count). The summed E-state index contributed by atoms with van der Waals surface area (Å²) in [7, 11) is 0. The topological polar surface area (TPSA) is 123 Å². The Balaban J connectivity index is 1.49. The van der Waals surface area contributed by atoms with Crippen LogP contribution in [0.5, 0.6) is 11.5 Å². The molecular formula is C16H15F2N3O7. The SMILES string of the molecule is CC1(C)NC(=O)N(CC(=O)OCC(=O)Nc2ccc3c(c2)OC(F)(F)O3)C1=O. The summed E-state index contributed by atoms with van der Waals surface area (Å²) < 4.78 is 39.1. The predicted octanol–water partition coefficient (Wildman–Crippen LogP) is 0.820. The van der Waals surface area contributed by atoms with Gasteiger partial charge >= 0.3 is 18.3 Å². The number of hydrogen-bond donors (Lipinski definition) is 2. The number of urea groups is 1. The zero-order chi connectivity index (χ0) is 20.7. The first-order valence-corrected chi connectivity index (χ1v) is 7.96. The number of nitrogens with zero attached hydrogens (tertiary/aromatic N) is 1. The lowest BCUT2D eigenvalue weighted by molar-refractivity contribution is -0.286. The van der Waals surface area contributed by atoms with Gasteiger partial charge in [-0.1, -0.05) is 0 Å². The summed E-state index contributed by atoms with van der Waals surface area (Å²) in [5.74, 6) is -2.79. The number of halogens is 2. The second-order valence-corrected chi connectivity index (χ2v) is 6.48. The van der Waals surface area contributed by atoms with Crippen molar-refractivity contribution in [2.24, 2.45) is 0 Å². The molecule has 10 nitrogen and oxygen atoms in total. The first-order valence-electron chi connectivity index (χ1n) is 7.96. The van der Waals surface area contributed by atoms with Crippen molar-refractivity contribution in [3.63, 3.8) is 0 Å². The number of esters is 1. The summed E-state index contributed by atoms with van der Waals surface area (Å²) in [6, 6.07) is 2.84. The van der Waals surface area contributed by atoms with E-state index in [0.717, 1.165) is 6.07 Å². The number of carbonyl (C=O) groups is 4. The van der Waals surface area contributed by atoms with Gasteiger partial charge in [0.25, 0.3) is 11.8 Å². The molecule has 1 fully saturated rings. The molecule has 0 spiro atoms. The lowest BCUT2D eigenvalue weighted by Gasteiger charge is -2.15. The lowest BCUT2D eigenvalue weighted by atomic mass is 10.1. The minimum Gasteiger partial charge on any atom is -0.454 e. The van der Waals surface area contributed by atoms with Crippen LogP contribution in [0.3, 0.4) is 0 Å². The molecule has 2 N–H and O–H groups in total. The Morgan fingerprint density at radius 1 is 1.21 bits per heavy atom. The molecule has 1 aromatic rings. The first kappa shape index (κ1) is 19.3. The van der Waals surface area contributed by atoms with Crippen molar-refractivity contribution in [1.29, 1.82) is 0 Å². The van der Waals surface area contributed by atoms with Gasteiger partial charge in [0.15, 0.2) is 18.1 Å². The number of alkyl halides is 2. The Bertz CT molecular complexity index is 872. The van der Waals surface area contributed by atoms with E-state index >= 15 is 0 Å². The van der Waals surface area contributed by atoms with Crippen molar-refractivity contribution in [2.45, 2.75) is 25.7 Å². The van der Waals surface area contributed by atoms with Crippen molar-refractivity contribution < 1.29 is 42.2 Å². The van der Waals surface area contributed by atoms with E-state index in [2.05, 4.69) is 20.1 Å². The van der Waals surface area contributed by atoms with E-state index in [4.69, 9.17) is 4.74 Å². The Morgan fingerprint density at radius 3 is 2.54 bits per heavy atom. The Morgan fingerprint density at radius 2 is 1.89 bits per heavy atom. The van der Waals surface area contributed by atoms with Crippen molar-refractivity contribution in [2.75, 3.05) is 18.5 Å². The molecule has 2 aliphatic heterocycles. The summed E-state index contributed by atoms with van der Waals surface area (Å²) in [5.41, 5.74) is -1.03. The lowest BCUT2D eigenvalue weighted by Crippen LogP contribution is -2.41. The van der Waals surface area contributed by atoms with Gasteiger partial charge in [0.05, 0.1) is 0 Å². The maximum Gasteiger partial charge on any atom is 0.586 e. The fourth-order valence-electron chi connectivity index (χ4n) is 2.51. The maximum absolute atomic E-state index is 13.0. The molecule has 1 saturated heterocycles. The van der Waals surface area contributed by atoms with Crippen molar-refractivity contribution in [3.05, 3.63) is 18.2 Å². The highest BCUT2D eigenvalue weighted by Gasteiger charge is 2.45. The molecule has 2 aliphatic rings.